The van der Waals surface area contributed by atoms with Gasteiger partial charge in [0.1, 0.15) is 11.9 Å². The SMILES string of the molecule is Clc1ccccc1O[C@H]1CCC2CNCC21. The van der Waals surface area contributed by atoms with Crippen LogP contribution in [0.15, 0.2) is 24.3 Å². The molecule has 3 rings (SSSR count). The summed E-state index contributed by atoms with van der Waals surface area (Å²) in [5.74, 6) is 2.32. The lowest BCUT2D eigenvalue weighted by Crippen LogP contribution is -2.26. The van der Waals surface area contributed by atoms with Crippen molar-refractivity contribution >= 4 is 11.6 Å². The third kappa shape index (κ3) is 1.80. The molecule has 2 nitrogen and oxygen atoms in total. The van der Waals surface area contributed by atoms with Crippen LogP contribution in [0.3, 0.4) is 0 Å². The van der Waals surface area contributed by atoms with E-state index in [4.69, 9.17) is 16.3 Å². The Hall–Kier alpha value is -0.730. The highest BCUT2D eigenvalue weighted by molar-refractivity contribution is 6.32. The van der Waals surface area contributed by atoms with Gasteiger partial charge in [-0.25, -0.2) is 0 Å². The Balaban J connectivity index is 1.73. The van der Waals surface area contributed by atoms with Gasteiger partial charge >= 0.3 is 0 Å². The number of halogens is 1. The summed E-state index contributed by atoms with van der Waals surface area (Å²) in [6.07, 6.45) is 2.80. The van der Waals surface area contributed by atoms with Crippen molar-refractivity contribution in [2.75, 3.05) is 13.1 Å². The van der Waals surface area contributed by atoms with E-state index in [2.05, 4.69) is 5.32 Å². The molecule has 2 aliphatic rings. The van der Waals surface area contributed by atoms with Gasteiger partial charge < -0.3 is 10.1 Å². The predicted molar refractivity (Wildman–Crippen MR) is 65.0 cm³/mol. The molecule has 1 aromatic rings. The lowest BCUT2D eigenvalue weighted by Gasteiger charge is -2.20. The van der Waals surface area contributed by atoms with Crippen molar-refractivity contribution < 1.29 is 4.74 Å². The molecule has 86 valence electrons. The number of ether oxygens (including phenoxy) is 1. The standard InChI is InChI=1S/C13H16ClNO/c14-11-3-1-2-4-13(11)16-12-6-5-9-7-15-8-10(9)12/h1-4,9-10,12,15H,5-8H2/t9?,10?,12-/m0/s1. The van der Waals surface area contributed by atoms with Gasteiger partial charge in [-0.15, -0.1) is 0 Å². The van der Waals surface area contributed by atoms with Crippen LogP contribution in [0.2, 0.25) is 5.02 Å². The van der Waals surface area contributed by atoms with Gasteiger partial charge in [-0.2, -0.15) is 0 Å². The van der Waals surface area contributed by atoms with Crippen molar-refractivity contribution in [3.05, 3.63) is 29.3 Å². The number of hydrogen-bond acceptors (Lipinski definition) is 2. The van der Waals surface area contributed by atoms with Crippen LogP contribution in [0.5, 0.6) is 5.75 Å². The molecule has 3 heteroatoms. The Kier molecular flexibility index (Phi) is 2.78. The molecule has 3 atom stereocenters. The molecule has 1 aliphatic heterocycles. The van der Waals surface area contributed by atoms with E-state index in [1.807, 2.05) is 24.3 Å². The Labute approximate surface area is 101 Å². The molecular weight excluding hydrogens is 222 g/mol. The van der Waals surface area contributed by atoms with E-state index in [1.165, 1.54) is 12.8 Å². The van der Waals surface area contributed by atoms with Gasteiger partial charge in [0.15, 0.2) is 0 Å². The van der Waals surface area contributed by atoms with Crippen LogP contribution in [0.25, 0.3) is 0 Å². The zero-order valence-electron chi connectivity index (χ0n) is 9.16. The number of para-hydroxylation sites is 1. The van der Waals surface area contributed by atoms with Crippen LogP contribution in [0, 0.1) is 11.8 Å². The number of benzene rings is 1. The van der Waals surface area contributed by atoms with Crippen molar-refractivity contribution in [3.63, 3.8) is 0 Å². The van der Waals surface area contributed by atoms with E-state index in [0.29, 0.717) is 12.0 Å². The van der Waals surface area contributed by atoms with E-state index in [9.17, 15) is 0 Å². The maximum Gasteiger partial charge on any atom is 0.138 e. The summed E-state index contributed by atoms with van der Waals surface area (Å²) in [6.45, 7) is 2.26. The normalized spacial score (nSPS) is 32.7. The highest BCUT2D eigenvalue weighted by Gasteiger charge is 2.40. The summed E-state index contributed by atoms with van der Waals surface area (Å²) in [7, 11) is 0. The number of hydrogen-bond donors (Lipinski definition) is 1. The molecule has 1 aromatic carbocycles. The van der Waals surface area contributed by atoms with Crippen molar-refractivity contribution in [2.24, 2.45) is 11.8 Å². The monoisotopic (exact) mass is 237 g/mol. The lowest BCUT2D eigenvalue weighted by molar-refractivity contribution is 0.158. The maximum atomic E-state index is 6.10. The molecule has 2 unspecified atom stereocenters. The second-order valence-corrected chi connectivity index (χ2v) is 5.15. The van der Waals surface area contributed by atoms with Gasteiger partial charge in [0.2, 0.25) is 0 Å². The van der Waals surface area contributed by atoms with Gasteiger partial charge in [0.05, 0.1) is 5.02 Å². The topological polar surface area (TPSA) is 21.3 Å². The number of fused-ring (bicyclic) bond motifs is 1. The summed E-state index contributed by atoms with van der Waals surface area (Å²) in [4.78, 5) is 0. The molecule has 1 heterocycles. The van der Waals surface area contributed by atoms with Crippen LogP contribution in [-0.4, -0.2) is 19.2 Å². The van der Waals surface area contributed by atoms with Crippen LogP contribution < -0.4 is 10.1 Å². The molecule has 1 saturated heterocycles. The highest BCUT2D eigenvalue weighted by Crippen LogP contribution is 2.38. The van der Waals surface area contributed by atoms with Crippen LogP contribution in [-0.2, 0) is 0 Å². The first-order chi connectivity index (χ1) is 7.84. The van der Waals surface area contributed by atoms with Gasteiger partial charge in [-0.05, 0) is 37.4 Å². The molecule has 0 amide bonds. The van der Waals surface area contributed by atoms with Gasteiger partial charge in [-0.1, -0.05) is 23.7 Å². The minimum Gasteiger partial charge on any atom is -0.489 e. The third-order valence-corrected chi connectivity index (χ3v) is 4.12. The fraction of sp³-hybridized carbons (Fsp3) is 0.538. The van der Waals surface area contributed by atoms with Crippen molar-refractivity contribution in [3.8, 4) is 5.75 Å². The lowest BCUT2D eigenvalue weighted by atomic mass is 9.99. The Morgan fingerprint density at radius 3 is 2.94 bits per heavy atom. The first-order valence-electron chi connectivity index (χ1n) is 5.96. The molecular formula is C13H16ClNO. The molecule has 0 spiro atoms. The fourth-order valence-electron chi connectivity index (χ4n) is 2.95. The number of rotatable bonds is 2. The average molecular weight is 238 g/mol. The summed E-state index contributed by atoms with van der Waals surface area (Å²) in [6, 6.07) is 7.75. The molecule has 1 aliphatic carbocycles. The van der Waals surface area contributed by atoms with E-state index in [1.54, 1.807) is 0 Å². The first kappa shape index (κ1) is 10.4. The molecule has 16 heavy (non-hydrogen) atoms. The van der Waals surface area contributed by atoms with Crippen LogP contribution in [0.4, 0.5) is 0 Å². The molecule has 1 N–H and O–H groups in total. The van der Waals surface area contributed by atoms with E-state index < -0.39 is 0 Å². The zero-order chi connectivity index (χ0) is 11.0. The molecule has 2 fully saturated rings. The summed E-state index contributed by atoms with van der Waals surface area (Å²) >= 11 is 6.10. The van der Waals surface area contributed by atoms with Crippen LogP contribution in [0.1, 0.15) is 12.8 Å². The highest BCUT2D eigenvalue weighted by atomic mass is 35.5. The average Bonchev–Trinajstić information content (AvgIpc) is 2.86. The van der Waals surface area contributed by atoms with Crippen LogP contribution >= 0.6 is 11.6 Å². The van der Waals surface area contributed by atoms with Crippen molar-refractivity contribution in [2.45, 2.75) is 18.9 Å². The third-order valence-electron chi connectivity index (χ3n) is 3.81. The van der Waals surface area contributed by atoms with Gasteiger partial charge in [0.25, 0.3) is 0 Å². The Bertz CT molecular complexity index is 382. The molecule has 0 aromatic heterocycles. The zero-order valence-corrected chi connectivity index (χ0v) is 9.91. The molecule has 0 radical (unpaired) electrons. The fourth-order valence-corrected chi connectivity index (χ4v) is 3.13. The summed E-state index contributed by atoms with van der Waals surface area (Å²) in [5.41, 5.74) is 0. The second kappa shape index (κ2) is 4.27. The maximum absolute atomic E-state index is 6.10. The van der Waals surface area contributed by atoms with E-state index in [0.717, 1.165) is 29.8 Å². The minimum absolute atomic E-state index is 0.347. The smallest absolute Gasteiger partial charge is 0.138 e. The second-order valence-electron chi connectivity index (χ2n) is 4.75. The largest absolute Gasteiger partial charge is 0.489 e. The Morgan fingerprint density at radius 2 is 2.06 bits per heavy atom. The quantitative estimate of drug-likeness (QED) is 0.854. The molecule has 1 saturated carbocycles. The van der Waals surface area contributed by atoms with Crippen molar-refractivity contribution in [1.82, 2.24) is 5.32 Å². The Morgan fingerprint density at radius 1 is 1.19 bits per heavy atom. The van der Waals surface area contributed by atoms with Crippen molar-refractivity contribution in [1.29, 1.82) is 0 Å². The number of nitrogens with one attached hydrogen (secondary N) is 1. The minimum atomic E-state index is 0.347. The van der Waals surface area contributed by atoms with Gasteiger partial charge in [0, 0.05) is 12.5 Å². The molecule has 0 bridgehead atoms. The van der Waals surface area contributed by atoms with Gasteiger partial charge in [-0.3, -0.25) is 0 Å². The predicted octanol–water partition coefficient (Wildman–Crippen LogP) is 2.72. The van der Waals surface area contributed by atoms with E-state index >= 15 is 0 Å². The van der Waals surface area contributed by atoms with E-state index in [-0.39, 0.29) is 0 Å². The first-order valence-corrected chi connectivity index (χ1v) is 6.34. The summed E-state index contributed by atoms with van der Waals surface area (Å²) in [5, 5.41) is 4.16. The summed E-state index contributed by atoms with van der Waals surface area (Å²) < 4.78 is 6.05.